The number of hydrogen-bond donors (Lipinski definition) is 1. The van der Waals surface area contributed by atoms with Gasteiger partial charge in [0.05, 0.1) is 26.4 Å². The van der Waals surface area contributed by atoms with Crippen LogP contribution in [0.4, 0.5) is 0 Å². The number of hydrogen-bond acceptors (Lipinski definition) is 7. The maximum Gasteiger partial charge on any atom is 0.308 e. The molecule has 0 radical (unpaired) electrons. The van der Waals surface area contributed by atoms with Gasteiger partial charge in [-0.2, -0.15) is 0 Å². The zero-order chi connectivity index (χ0) is 17.7. The van der Waals surface area contributed by atoms with Crippen LogP contribution in [0.25, 0.3) is 0 Å². The van der Waals surface area contributed by atoms with Crippen molar-refractivity contribution in [2.24, 2.45) is 5.16 Å². The lowest BCUT2D eigenvalue weighted by molar-refractivity contribution is -0.222. The first-order valence-corrected chi connectivity index (χ1v) is 7.62. The third-order valence-electron chi connectivity index (χ3n) is 4.16. The van der Waals surface area contributed by atoms with Crippen LogP contribution >= 0.6 is 0 Å². The van der Waals surface area contributed by atoms with Crippen LogP contribution in [0.3, 0.4) is 0 Å². The number of esters is 1. The molecule has 1 aliphatic rings. The third-order valence-corrected chi connectivity index (χ3v) is 4.16. The molecule has 0 aliphatic carbocycles. The van der Waals surface area contributed by atoms with Gasteiger partial charge in [0.25, 0.3) is 0 Å². The van der Waals surface area contributed by atoms with Crippen LogP contribution in [0.5, 0.6) is 5.75 Å². The van der Waals surface area contributed by atoms with Crippen LogP contribution < -0.4 is 4.74 Å². The first-order chi connectivity index (χ1) is 11.4. The number of nitrogens with zero attached hydrogens (tertiary/aromatic N) is 1. The summed E-state index contributed by atoms with van der Waals surface area (Å²) in [7, 11) is 4.41. The number of carbonyl (C=O) groups excluding carboxylic acids is 1. The van der Waals surface area contributed by atoms with Crippen LogP contribution in [0.1, 0.15) is 31.2 Å². The first-order valence-electron chi connectivity index (χ1n) is 7.62. The first kappa shape index (κ1) is 18.2. The van der Waals surface area contributed by atoms with Gasteiger partial charge in [0.2, 0.25) is 5.79 Å². The molecule has 0 saturated carbocycles. The Labute approximate surface area is 141 Å². The molecular formula is C17H23NO6. The Morgan fingerprint density at radius 3 is 2.58 bits per heavy atom. The highest BCUT2D eigenvalue weighted by Gasteiger charge is 2.40. The molecule has 1 N–H and O–H groups in total. The van der Waals surface area contributed by atoms with Crippen LogP contribution in [-0.2, 0) is 19.1 Å². The molecule has 3 atom stereocenters. The fourth-order valence-electron chi connectivity index (χ4n) is 2.61. The number of methoxy groups -OCH3 is 3. The lowest BCUT2D eigenvalue weighted by Crippen LogP contribution is -2.42. The average molecular weight is 337 g/mol. The van der Waals surface area contributed by atoms with Crippen molar-refractivity contribution in [2.45, 2.75) is 37.6 Å². The molecule has 0 aromatic heterocycles. The second-order valence-corrected chi connectivity index (χ2v) is 5.77. The molecule has 7 heteroatoms. The molecule has 1 heterocycles. The maximum atomic E-state index is 11.5. The Kier molecular flexibility index (Phi) is 5.80. The molecule has 24 heavy (non-hydrogen) atoms. The van der Waals surface area contributed by atoms with Gasteiger partial charge in [-0.1, -0.05) is 17.3 Å². The molecular weight excluding hydrogens is 314 g/mol. The molecule has 0 bridgehead atoms. The Balaban J connectivity index is 2.31. The SMILES string of the molecule is COC(=O)C[C@@H](O)C1=NO[C@](C)(OC)C[C@H]1c1ccc(OC)cc1. The fraction of sp³-hybridized carbons (Fsp3) is 0.529. The number of rotatable bonds is 6. The number of aliphatic hydroxyl groups is 1. The normalized spacial score (nSPS) is 24.5. The fourth-order valence-corrected chi connectivity index (χ4v) is 2.61. The van der Waals surface area contributed by atoms with Crippen molar-refractivity contribution in [3.8, 4) is 5.75 Å². The van der Waals surface area contributed by atoms with E-state index in [1.165, 1.54) is 14.2 Å². The summed E-state index contributed by atoms with van der Waals surface area (Å²) in [6.45, 7) is 1.77. The summed E-state index contributed by atoms with van der Waals surface area (Å²) >= 11 is 0. The topological polar surface area (TPSA) is 86.6 Å². The summed E-state index contributed by atoms with van der Waals surface area (Å²) in [5.74, 6) is -0.944. The van der Waals surface area contributed by atoms with Gasteiger partial charge in [-0.3, -0.25) is 4.79 Å². The molecule has 132 valence electrons. The van der Waals surface area contributed by atoms with Crippen molar-refractivity contribution >= 4 is 11.7 Å². The summed E-state index contributed by atoms with van der Waals surface area (Å²) in [6.07, 6.45) is -0.826. The largest absolute Gasteiger partial charge is 0.497 e. The molecule has 0 spiro atoms. The van der Waals surface area contributed by atoms with Gasteiger partial charge >= 0.3 is 5.97 Å². The summed E-state index contributed by atoms with van der Waals surface area (Å²) in [4.78, 5) is 16.8. The Morgan fingerprint density at radius 2 is 2.04 bits per heavy atom. The predicted octanol–water partition coefficient (Wildman–Crippen LogP) is 1.84. The van der Waals surface area contributed by atoms with Gasteiger partial charge in [0.15, 0.2) is 0 Å². The second kappa shape index (κ2) is 7.63. The highest BCUT2D eigenvalue weighted by molar-refractivity contribution is 5.96. The number of benzene rings is 1. The highest BCUT2D eigenvalue weighted by atomic mass is 16.8. The van der Waals surface area contributed by atoms with E-state index in [2.05, 4.69) is 9.89 Å². The van der Waals surface area contributed by atoms with E-state index in [1.807, 2.05) is 24.3 Å². The van der Waals surface area contributed by atoms with Crippen LogP contribution in [0.2, 0.25) is 0 Å². The number of oxime groups is 1. The molecule has 1 aromatic rings. The minimum atomic E-state index is -1.09. The molecule has 7 nitrogen and oxygen atoms in total. The molecule has 0 amide bonds. The van der Waals surface area contributed by atoms with Crippen molar-refractivity contribution in [3.05, 3.63) is 29.8 Å². The summed E-state index contributed by atoms with van der Waals surface area (Å²) in [5, 5.41) is 14.4. The average Bonchev–Trinajstić information content (AvgIpc) is 2.61. The molecule has 0 unspecified atom stereocenters. The van der Waals surface area contributed by atoms with E-state index in [1.54, 1.807) is 14.0 Å². The lowest BCUT2D eigenvalue weighted by Gasteiger charge is -2.36. The van der Waals surface area contributed by atoms with Crippen LogP contribution in [-0.4, -0.2) is 50.0 Å². The van der Waals surface area contributed by atoms with E-state index in [-0.39, 0.29) is 12.3 Å². The lowest BCUT2D eigenvalue weighted by atomic mass is 9.84. The molecule has 0 saturated heterocycles. The standard InChI is InChI=1S/C17H23NO6/c1-17(23-4)10-13(11-5-7-12(21-2)8-6-11)16(18-24-17)14(19)9-15(20)22-3/h5-8,13-14,19H,9-10H2,1-4H3/t13-,14+,17-/m0/s1. The number of ether oxygens (including phenoxy) is 3. The summed E-state index contributed by atoms with van der Waals surface area (Å²) in [6, 6.07) is 7.45. The van der Waals surface area contributed by atoms with Gasteiger partial charge in [-0.15, -0.1) is 0 Å². The van der Waals surface area contributed by atoms with E-state index < -0.39 is 17.9 Å². The minimum absolute atomic E-state index is 0.185. The third kappa shape index (κ3) is 4.04. The molecule has 0 fully saturated rings. The Morgan fingerprint density at radius 1 is 1.38 bits per heavy atom. The van der Waals surface area contributed by atoms with Gasteiger partial charge in [0, 0.05) is 26.4 Å². The molecule has 1 aromatic carbocycles. The smallest absolute Gasteiger partial charge is 0.308 e. The van der Waals surface area contributed by atoms with E-state index in [4.69, 9.17) is 14.3 Å². The highest BCUT2D eigenvalue weighted by Crippen LogP contribution is 2.36. The zero-order valence-corrected chi connectivity index (χ0v) is 14.3. The molecule has 2 rings (SSSR count). The van der Waals surface area contributed by atoms with Crippen molar-refractivity contribution < 1.29 is 28.9 Å². The quantitative estimate of drug-likeness (QED) is 0.797. The minimum Gasteiger partial charge on any atom is -0.497 e. The van der Waals surface area contributed by atoms with Crippen molar-refractivity contribution in [1.29, 1.82) is 0 Å². The monoisotopic (exact) mass is 337 g/mol. The van der Waals surface area contributed by atoms with E-state index in [0.717, 1.165) is 11.3 Å². The number of aliphatic hydroxyl groups excluding tert-OH is 1. The van der Waals surface area contributed by atoms with Crippen molar-refractivity contribution in [3.63, 3.8) is 0 Å². The van der Waals surface area contributed by atoms with E-state index in [9.17, 15) is 9.90 Å². The predicted molar refractivity (Wildman–Crippen MR) is 86.9 cm³/mol. The van der Waals surface area contributed by atoms with Gasteiger partial charge < -0.3 is 24.2 Å². The second-order valence-electron chi connectivity index (χ2n) is 5.77. The van der Waals surface area contributed by atoms with E-state index in [0.29, 0.717) is 12.1 Å². The van der Waals surface area contributed by atoms with Gasteiger partial charge in [-0.05, 0) is 17.7 Å². The zero-order valence-electron chi connectivity index (χ0n) is 14.3. The van der Waals surface area contributed by atoms with Crippen LogP contribution in [0.15, 0.2) is 29.4 Å². The van der Waals surface area contributed by atoms with Gasteiger partial charge in [0.1, 0.15) is 11.9 Å². The van der Waals surface area contributed by atoms with Crippen molar-refractivity contribution in [2.75, 3.05) is 21.3 Å². The Bertz CT molecular complexity index is 600. The molecule has 1 aliphatic heterocycles. The van der Waals surface area contributed by atoms with Crippen LogP contribution in [0, 0.1) is 0 Å². The maximum absolute atomic E-state index is 11.5. The summed E-state index contributed by atoms with van der Waals surface area (Å²) < 4.78 is 15.2. The van der Waals surface area contributed by atoms with Crippen molar-refractivity contribution in [1.82, 2.24) is 0 Å². The van der Waals surface area contributed by atoms with Gasteiger partial charge in [-0.25, -0.2) is 0 Å². The summed E-state index contributed by atoms with van der Waals surface area (Å²) in [5.41, 5.74) is 1.30. The number of carbonyl (C=O) groups is 1. The Hall–Kier alpha value is -2.12. The van der Waals surface area contributed by atoms with E-state index >= 15 is 0 Å².